The molecule has 0 radical (unpaired) electrons. The van der Waals surface area contributed by atoms with Crippen molar-refractivity contribution in [3.05, 3.63) is 29.8 Å². The van der Waals surface area contributed by atoms with E-state index in [4.69, 9.17) is 5.73 Å². The molecular weight excluding hydrogens is 314 g/mol. The average molecular weight is 345 g/mol. The van der Waals surface area contributed by atoms with Gasteiger partial charge in [0.05, 0.1) is 6.04 Å². The maximum Gasteiger partial charge on any atom is 0.237 e. The molecule has 2 amide bonds. The van der Waals surface area contributed by atoms with Gasteiger partial charge in [-0.15, -0.1) is 0 Å². The molecule has 1 atom stereocenters. The van der Waals surface area contributed by atoms with Crippen molar-refractivity contribution in [3.63, 3.8) is 0 Å². The summed E-state index contributed by atoms with van der Waals surface area (Å²) in [4.78, 5) is 24.4. The van der Waals surface area contributed by atoms with Crippen LogP contribution in [-0.2, 0) is 16.1 Å². The van der Waals surface area contributed by atoms with Gasteiger partial charge in [-0.05, 0) is 42.9 Å². The van der Waals surface area contributed by atoms with Crippen LogP contribution < -0.4 is 16.4 Å². The molecule has 1 aliphatic rings. The van der Waals surface area contributed by atoms with Crippen molar-refractivity contribution in [2.45, 2.75) is 65.0 Å². The van der Waals surface area contributed by atoms with Crippen LogP contribution in [0.3, 0.4) is 0 Å². The summed E-state index contributed by atoms with van der Waals surface area (Å²) in [5, 5.41) is 5.88. The second-order valence-electron chi connectivity index (χ2n) is 7.48. The Hall–Kier alpha value is -1.88. The van der Waals surface area contributed by atoms with Gasteiger partial charge in [-0.3, -0.25) is 9.59 Å². The molecule has 0 spiro atoms. The zero-order valence-electron chi connectivity index (χ0n) is 15.4. The number of nitrogens with two attached hydrogens (primary N) is 1. The summed E-state index contributed by atoms with van der Waals surface area (Å²) in [6.07, 6.45) is 6.15. The number of anilines is 1. The Bertz CT molecular complexity index is 580. The van der Waals surface area contributed by atoms with Crippen LogP contribution in [0.2, 0.25) is 0 Å². The lowest BCUT2D eigenvalue weighted by Crippen LogP contribution is -2.41. The van der Waals surface area contributed by atoms with Crippen molar-refractivity contribution in [3.8, 4) is 0 Å². The lowest BCUT2D eigenvalue weighted by atomic mass is 9.88. The fourth-order valence-corrected chi connectivity index (χ4v) is 3.30. The van der Waals surface area contributed by atoms with Crippen molar-refractivity contribution in [2.75, 3.05) is 5.32 Å². The zero-order valence-corrected chi connectivity index (χ0v) is 15.4. The minimum atomic E-state index is -0.478. The Labute approximate surface area is 150 Å². The van der Waals surface area contributed by atoms with Gasteiger partial charge in [0.25, 0.3) is 0 Å². The summed E-state index contributed by atoms with van der Waals surface area (Å²) < 4.78 is 0. The van der Waals surface area contributed by atoms with Gasteiger partial charge in [-0.1, -0.05) is 45.2 Å². The van der Waals surface area contributed by atoms with Crippen molar-refractivity contribution in [1.29, 1.82) is 0 Å². The molecule has 25 heavy (non-hydrogen) atoms. The Morgan fingerprint density at radius 1 is 1.20 bits per heavy atom. The normalized spacial score (nSPS) is 16.5. The van der Waals surface area contributed by atoms with Crippen LogP contribution in [0.15, 0.2) is 24.3 Å². The number of benzene rings is 1. The highest BCUT2D eigenvalue weighted by Crippen LogP contribution is 2.25. The Kier molecular flexibility index (Phi) is 7.44. The van der Waals surface area contributed by atoms with E-state index in [-0.39, 0.29) is 17.7 Å². The molecule has 1 fully saturated rings. The fraction of sp³-hybridized carbons (Fsp3) is 0.600. The third-order valence-corrected chi connectivity index (χ3v) is 4.70. The Morgan fingerprint density at radius 3 is 2.60 bits per heavy atom. The van der Waals surface area contributed by atoms with E-state index in [9.17, 15) is 9.59 Å². The Balaban J connectivity index is 1.86. The van der Waals surface area contributed by atoms with Crippen LogP contribution >= 0.6 is 0 Å². The lowest BCUT2D eigenvalue weighted by molar-refractivity contribution is -0.123. The van der Waals surface area contributed by atoms with Crippen LogP contribution in [-0.4, -0.2) is 17.9 Å². The molecule has 0 saturated heterocycles. The summed E-state index contributed by atoms with van der Waals surface area (Å²) >= 11 is 0. The highest BCUT2D eigenvalue weighted by Gasteiger charge is 2.21. The van der Waals surface area contributed by atoms with Crippen LogP contribution in [0.5, 0.6) is 0 Å². The van der Waals surface area contributed by atoms with E-state index < -0.39 is 6.04 Å². The fourth-order valence-electron chi connectivity index (χ4n) is 3.30. The SMILES string of the molecule is CC(C)C[C@H](N)C(=O)NCc1cccc(NC(=O)C2CCCCC2)c1. The first-order chi connectivity index (χ1) is 12.0. The maximum atomic E-state index is 12.3. The molecule has 138 valence electrons. The quantitative estimate of drug-likeness (QED) is 0.709. The van der Waals surface area contributed by atoms with Crippen LogP contribution in [0.1, 0.15) is 57.9 Å². The van der Waals surface area contributed by atoms with E-state index in [1.54, 1.807) is 0 Å². The predicted molar refractivity (Wildman–Crippen MR) is 101 cm³/mol. The van der Waals surface area contributed by atoms with Crippen molar-refractivity contribution < 1.29 is 9.59 Å². The lowest BCUT2D eigenvalue weighted by Gasteiger charge is -2.21. The van der Waals surface area contributed by atoms with Gasteiger partial charge in [0, 0.05) is 18.2 Å². The molecule has 2 rings (SSSR count). The van der Waals surface area contributed by atoms with E-state index >= 15 is 0 Å². The molecule has 4 N–H and O–H groups in total. The van der Waals surface area contributed by atoms with Crippen molar-refractivity contribution in [1.82, 2.24) is 5.32 Å². The molecule has 0 aromatic heterocycles. The standard InChI is InChI=1S/C20H31N3O2/c1-14(2)11-18(21)20(25)22-13-15-7-6-10-17(12-15)23-19(24)16-8-4-3-5-9-16/h6-7,10,12,14,16,18H,3-5,8-9,11,13,21H2,1-2H3,(H,22,25)(H,23,24)/t18-/m0/s1. The average Bonchev–Trinajstić information content (AvgIpc) is 2.60. The van der Waals surface area contributed by atoms with E-state index in [2.05, 4.69) is 10.6 Å². The first-order valence-electron chi connectivity index (χ1n) is 9.39. The molecule has 0 unspecified atom stereocenters. The number of carbonyl (C=O) groups is 2. The zero-order chi connectivity index (χ0) is 18.2. The first kappa shape index (κ1) is 19.4. The van der Waals surface area contributed by atoms with Gasteiger partial charge in [0.15, 0.2) is 0 Å². The van der Waals surface area contributed by atoms with Gasteiger partial charge in [0.2, 0.25) is 11.8 Å². The first-order valence-corrected chi connectivity index (χ1v) is 9.39. The minimum Gasteiger partial charge on any atom is -0.351 e. The molecule has 5 nitrogen and oxygen atoms in total. The van der Waals surface area contributed by atoms with Crippen LogP contribution in [0.25, 0.3) is 0 Å². The molecular formula is C20H31N3O2. The van der Waals surface area contributed by atoms with Gasteiger partial charge >= 0.3 is 0 Å². The molecule has 1 saturated carbocycles. The van der Waals surface area contributed by atoms with Gasteiger partial charge in [-0.25, -0.2) is 0 Å². The van der Waals surface area contributed by atoms with Crippen molar-refractivity contribution >= 4 is 17.5 Å². The largest absolute Gasteiger partial charge is 0.351 e. The van der Waals surface area contributed by atoms with Gasteiger partial charge < -0.3 is 16.4 Å². The van der Waals surface area contributed by atoms with E-state index in [1.165, 1.54) is 6.42 Å². The smallest absolute Gasteiger partial charge is 0.237 e. The van der Waals surface area contributed by atoms with E-state index in [0.717, 1.165) is 36.9 Å². The number of hydrogen-bond acceptors (Lipinski definition) is 3. The minimum absolute atomic E-state index is 0.111. The highest BCUT2D eigenvalue weighted by atomic mass is 16.2. The monoisotopic (exact) mass is 345 g/mol. The third kappa shape index (κ3) is 6.50. The van der Waals surface area contributed by atoms with E-state index in [1.807, 2.05) is 38.1 Å². The van der Waals surface area contributed by atoms with Crippen molar-refractivity contribution in [2.24, 2.45) is 17.6 Å². The molecule has 0 bridgehead atoms. The maximum absolute atomic E-state index is 12.3. The van der Waals surface area contributed by atoms with Gasteiger partial charge in [0.1, 0.15) is 0 Å². The summed E-state index contributed by atoms with van der Waals surface area (Å²) in [6.45, 7) is 4.51. The molecule has 0 heterocycles. The predicted octanol–water partition coefficient (Wildman–Crippen LogP) is 3.20. The number of rotatable bonds is 7. The third-order valence-electron chi connectivity index (χ3n) is 4.70. The summed E-state index contributed by atoms with van der Waals surface area (Å²) in [5.74, 6) is 0.496. The van der Waals surface area contributed by atoms with Gasteiger partial charge in [-0.2, -0.15) is 0 Å². The number of amides is 2. The summed E-state index contributed by atoms with van der Waals surface area (Å²) in [7, 11) is 0. The summed E-state index contributed by atoms with van der Waals surface area (Å²) in [6, 6.07) is 7.15. The molecule has 0 aliphatic heterocycles. The van der Waals surface area contributed by atoms with Crippen LogP contribution in [0.4, 0.5) is 5.69 Å². The van der Waals surface area contributed by atoms with Crippen LogP contribution in [0, 0.1) is 11.8 Å². The molecule has 1 aromatic rings. The van der Waals surface area contributed by atoms with E-state index in [0.29, 0.717) is 18.9 Å². The molecule has 1 aromatic carbocycles. The highest BCUT2D eigenvalue weighted by molar-refractivity contribution is 5.92. The molecule has 1 aliphatic carbocycles. The number of carbonyl (C=O) groups excluding carboxylic acids is 2. The topological polar surface area (TPSA) is 84.2 Å². The summed E-state index contributed by atoms with van der Waals surface area (Å²) in [5.41, 5.74) is 7.63. The Morgan fingerprint density at radius 2 is 1.92 bits per heavy atom. The second-order valence-corrected chi connectivity index (χ2v) is 7.48. The molecule has 5 heteroatoms. The second kappa shape index (κ2) is 9.56. The number of nitrogens with one attached hydrogen (secondary N) is 2. The number of hydrogen-bond donors (Lipinski definition) is 3.